The third-order valence-electron chi connectivity index (χ3n) is 6.56. The summed E-state index contributed by atoms with van der Waals surface area (Å²) in [7, 11) is 1.17. The molecule has 0 rings (SSSR count). The first-order valence-electron chi connectivity index (χ1n) is 17.5. The molecule has 52 heavy (non-hydrogen) atoms. The van der Waals surface area contributed by atoms with Crippen LogP contribution in [0.4, 0.5) is 14.4 Å². The van der Waals surface area contributed by atoms with Crippen LogP contribution in [-0.4, -0.2) is 110 Å². The lowest BCUT2D eigenvalue weighted by Crippen LogP contribution is -2.56. The van der Waals surface area contributed by atoms with E-state index in [4.69, 9.17) is 24.7 Å². The van der Waals surface area contributed by atoms with Crippen LogP contribution in [0.15, 0.2) is 0 Å². The largest absolute Gasteiger partial charge is 0.467 e. The van der Waals surface area contributed by atoms with Gasteiger partial charge in [0.1, 0.15) is 34.9 Å². The fourth-order valence-corrected chi connectivity index (χ4v) is 4.19. The number of carbonyl (C=O) groups excluding carboxylic acids is 7. The number of hydrogen-bond acceptors (Lipinski definition) is 12. The monoisotopic (exact) mass is 745 g/mol. The third-order valence-corrected chi connectivity index (χ3v) is 6.56. The minimum atomic E-state index is -1.15. The molecular weight excluding hydrogens is 682 g/mol. The van der Waals surface area contributed by atoms with Crippen molar-refractivity contribution in [2.75, 3.05) is 26.7 Å². The van der Waals surface area contributed by atoms with Crippen molar-refractivity contribution in [3.8, 4) is 0 Å². The van der Waals surface area contributed by atoms with E-state index in [1.165, 1.54) is 14.0 Å². The average Bonchev–Trinajstić information content (AvgIpc) is 2.98. The Morgan fingerprint density at radius 1 is 0.538 bits per heavy atom. The molecule has 0 heterocycles. The smallest absolute Gasteiger partial charge is 0.407 e. The summed E-state index contributed by atoms with van der Waals surface area (Å²) in [4.78, 5) is 87.6. The van der Waals surface area contributed by atoms with Crippen molar-refractivity contribution >= 4 is 42.0 Å². The summed E-state index contributed by atoms with van der Waals surface area (Å²) in [5.74, 6) is -2.76. The van der Waals surface area contributed by atoms with Gasteiger partial charge in [-0.3, -0.25) is 14.4 Å². The number of rotatable bonds is 19. The van der Waals surface area contributed by atoms with Gasteiger partial charge in [-0.05, 0) is 108 Å². The molecule has 0 aliphatic rings. The van der Waals surface area contributed by atoms with E-state index in [0.29, 0.717) is 12.8 Å². The zero-order valence-electron chi connectivity index (χ0n) is 32.7. The molecule has 0 aromatic heterocycles. The molecule has 6 amide bonds. The highest BCUT2D eigenvalue weighted by Crippen LogP contribution is 2.09. The van der Waals surface area contributed by atoms with Gasteiger partial charge in [0.2, 0.25) is 17.7 Å². The van der Waals surface area contributed by atoms with Crippen LogP contribution in [0.2, 0.25) is 0 Å². The van der Waals surface area contributed by atoms with Crippen LogP contribution in [-0.2, 0) is 38.1 Å². The Kier molecular flexibility index (Phi) is 20.7. The van der Waals surface area contributed by atoms with E-state index in [2.05, 4.69) is 31.9 Å². The minimum absolute atomic E-state index is 0.0596. The summed E-state index contributed by atoms with van der Waals surface area (Å²) in [6.07, 6.45) is -0.636. The zero-order valence-corrected chi connectivity index (χ0v) is 32.7. The normalized spacial score (nSPS) is 13.9. The maximum Gasteiger partial charge on any atom is 0.407 e. The zero-order chi connectivity index (χ0) is 40.3. The van der Waals surface area contributed by atoms with Gasteiger partial charge in [-0.15, -0.1) is 0 Å². The van der Waals surface area contributed by atoms with Gasteiger partial charge in [-0.25, -0.2) is 19.2 Å². The SMILES string of the molecule is COC(=O)[C@@H](CCCNC(=O)OC(C)(C)C)NC(=O)[C@@H](C)NC(=O)[C@@H](CCCNC(=O)OC(C)(C)C)NC(=O)[C@H](N)CCCNC(=O)OC(C)(C)C. The average molecular weight is 746 g/mol. The quantitative estimate of drug-likeness (QED) is 0.0569. The van der Waals surface area contributed by atoms with E-state index in [9.17, 15) is 33.6 Å². The van der Waals surface area contributed by atoms with Crippen LogP contribution in [0.25, 0.3) is 0 Å². The standard InChI is InChI=1S/C34H63N7O11/c1-21(25(42)41-24(28(45)49-11)17-14-20-38-31(48)52-34(8,9)10)39-27(44)23(16-13-19-37-30(47)51-33(5,6)7)40-26(43)22(35)15-12-18-36-29(46)50-32(2,3)4/h21-24H,12-20,35H2,1-11H3,(H,36,46)(H,37,47)(H,38,48)(H,39,44)(H,40,43)(H,41,42)/t21-,22-,23-,24-/m1/s1. The van der Waals surface area contributed by atoms with Gasteiger partial charge in [0.15, 0.2) is 0 Å². The number of alkyl carbamates (subject to hydrolysis) is 3. The Bertz CT molecular complexity index is 1190. The summed E-state index contributed by atoms with van der Waals surface area (Å²) in [6.45, 7) is 17.4. The highest BCUT2D eigenvalue weighted by molar-refractivity contribution is 5.94. The van der Waals surface area contributed by atoms with Gasteiger partial charge in [-0.2, -0.15) is 0 Å². The molecule has 0 saturated carbocycles. The number of methoxy groups -OCH3 is 1. The van der Waals surface area contributed by atoms with Gasteiger partial charge in [0.05, 0.1) is 13.2 Å². The first-order chi connectivity index (χ1) is 23.8. The highest BCUT2D eigenvalue weighted by atomic mass is 16.6. The number of carbonyl (C=O) groups is 7. The van der Waals surface area contributed by atoms with Crippen LogP contribution in [0, 0.1) is 0 Å². The molecule has 18 nitrogen and oxygen atoms in total. The van der Waals surface area contributed by atoms with Gasteiger partial charge in [0, 0.05) is 19.6 Å². The van der Waals surface area contributed by atoms with Gasteiger partial charge >= 0.3 is 24.2 Å². The summed E-state index contributed by atoms with van der Waals surface area (Å²) in [5.41, 5.74) is 4.02. The minimum Gasteiger partial charge on any atom is -0.467 e. The van der Waals surface area contributed by atoms with Gasteiger partial charge < -0.3 is 56.6 Å². The van der Waals surface area contributed by atoms with Crippen LogP contribution < -0.4 is 37.6 Å². The number of nitrogens with one attached hydrogen (secondary N) is 6. The highest BCUT2D eigenvalue weighted by Gasteiger charge is 2.29. The summed E-state index contributed by atoms with van der Waals surface area (Å²) in [6, 6.07) is -4.40. The van der Waals surface area contributed by atoms with Crippen molar-refractivity contribution < 1.29 is 52.5 Å². The Labute approximate surface area is 307 Å². The number of nitrogens with two attached hydrogens (primary N) is 1. The molecule has 0 spiro atoms. The molecule has 18 heteroatoms. The molecule has 0 aliphatic heterocycles. The molecule has 0 aromatic rings. The molecule has 0 fully saturated rings. The summed E-state index contributed by atoms with van der Waals surface area (Å²) in [5, 5.41) is 15.5. The molecule has 0 aromatic carbocycles. The molecule has 8 N–H and O–H groups in total. The maximum absolute atomic E-state index is 13.4. The molecule has 0 bridgehead atoms. The Morgan fingerprint density at radius 2 is 0.904 bits per heavy atom. The van der Waals surface area contributed by atoms with E-state index < -0.39 is 82.9 Å². The number of esters is 1. The molecule has 0 aliphatic carbocycles. The van der Waals surface area contributed by atoms with Crippen LogP contribution >= 0.6 is 0 Å². The Balaban J connectivity index is 5.39. The van der Waals surface area contributed by atoms with E-state index in [0.717, 1.165) is 0 Å². The summed E-state index contributed by atoms with van der Waals surface area (Å²) < 4.78 is 20.4. The second kappa shape index (κ2) is 22.6. The number of hydrogen-bond donors (Lipinski definition) is 7. The van der Waals surface area contributed by atoms with Crippen molar-refractivity contribution in [2.24, 2.45) is 5.73 Å². The van der Waals surface area contributed by atoms with Crippen LogP contribution in [0.5, 0.6) is 0 Å². The van der Waals surface area contributed by atoms with E-state index >= 15 is 0 Å². The molecule has 0 unspecified atom stereocenters. The van der Waals surface area contributed by atoms with Crippen LogP contribution in [0.3, 0.4) is 0 Å². The second-order valence-electron chi connectivity index (χ2n) is 15.2. The predicted octanol–water partition coefficient (Wildman–Crippen LogP) is 1.88. The molecular formula is C34H63N7O11. The molecule has 0 radical (unpaired) electrons. The summed E-state index contributed by atoms with van der Waals surface area (Å²) >= 11 is 0. The van der Waals surface area contributed by atoms with E-state index in [1.54, 1.807) is 62.3 Å². The first-order valence-corrected chi connectivity index (χ1v) is 17.5. The van der Waals surface area contributed by atoms with Crippen molar-refractivity contribution in [3.63, 3.8) is 0 Å². The van der Waals surface area contributed by atoms with Gasteiger partial charge in [-0.1, -0.05) is 0 Å². The molecule has 0 saturated heterocycles. The number of amides is 6. The van der Waals surface area contributed by atoms with Crippen LogP contribution in [0.1, 0.15) is 108 Å². The maximum atomic E-state index is 13.4. The van der Waals surface area contributed by atoms with Gasteiger partial charge in [0.25, 0.3) is 0 Å². The van der Waals surface area contributed by atoms with Crippen molar-refractivity contribution in [2.45, 2.75) is 149 Å². The molecule has 4 atom stereocenters. The lowest BCUT2D eigenvalue weighted by Gasteiger charge is -2.24. The van der Waals surface area contributed by atoms with E-state index in [1.807, 2.05) is 0 Å². The third kappa shape index (κ3) is 23.9. The van der Waals surface area contributed by atoms with Crippen molar-refractivity contribution in [3.05, 3.63) is 0 Å². The van der Waals surface area contributed by atoms with E-state index in [-0.39, 0.29) is 45.3 Å². The lowest BCUT2D eigenvalue weighted by atomic mass is 10.1. The lowest BCUT2D eigenvalue weighted by molar-refractivity contribution is -0.145. The first kappa shape index (κ1) is 47.7. The fourth-order valence-electron chi connectivity index (χ4n) is 4.19. The fraction of sp³-hybridized carbons (Fsp3) is 0.794. The van der Waals surface area contributed by atoms with Crippen molar-refractivity contribution in [1.29, 1.82) is 0 Å². The molecule has 300 valence electrons. The second-order valence-corrected chi connectivity index (χ2v) is 15.2. The Morgan fingerprint density at radius 3 is 1.29 bits per heavy atom. The number of ether oxygens (including phenoxy) is 4. The Hall–Kier alpha value is -4.35. The van der Waals surface area contributed by atoms with Crippen molar-refractivity contribution in [1.82, 2.24) is 31.9 Å². The predicted molar refractivity (Wildman–Crippen MR) is 192 cm³/mol. The topological polar surface area (TPSA) is 255 Å².